The highest BCUT2D eigenvalue weighted by molar-refractivity contribution is 6.07. The van der Waals surface area contributed by atoms with E-state index in [1.165, 1.54) is 12.1 Å². The lowest BCUT2D eigenvalue weighted by Gasteiger charge is -2.55. The molecule has 1 aliphatic carbocycles. The van der Waals surface area contributed by atoms with E-state index in [0.717, 1.165) is 24.1 Å². The summed E-state index contributed by atoms with van der Waals surface area (Å²) in [6, 6.07) is 11.0. The number of benzene rings is 2. The van der Waals surface area contributed by atoms with Crippen LogP contribution in [0.5, 0.6) is 0 Å². The van der Waals surface area contributed by atoms with E-state index in [9.17, 15) is 27.6 Å². The predicted octanol–water partition coefficient (Wildman–Crippen LogP) is 4.90. The maximum atomic E-state index is 13.5. The number of rotatable bonds is 6. The third kappa shape index (κ3) is 4.26. The molecule has 3 atom stereocenters. The molecule has 1 aliphatic heterocycles. The fourth-order valence-electron chi connectivity index (χ4n) is 5.05. The Morgan fingerprint density at radius 2 is 1.71 bits per heavy atom. The summed E-state index contributed by atoms with van der Waals surface area (Å²) < 4.78 is 38.9. The molecule has 6 nitrogen and oxygen atoms in total. The minimum atomic E-state index is -4.48. The average molecular weight is 474 g/mol. The summed E-state index contributed by atoms with van der Waals surface area (Å²) in [7, 11) is 0. The van der Waals surface area contributed by atoms with Crippen molar-refractivity contribution in [3.8, 4) is 0 Å². The van der Waals surface area contributed by atoms with Crippen molar-refractivity contribution in [2.45, 2.75) is 50.9 Å². The van der Waals surface area contributed by atoms with Crippen LogP contribution < -0.4 is 4.90 Å². The number of carboxylic acids is 1. The first-order valence-corrected chi connectivity index (χ1v) is 11.2. The second-order valence-electron chi connectivity index (χ2n) is 8.64. The van der Waals surface area contributed by atoms with E-state index < -0.39 is 17.7 Å². The van der Waals surface area contributed by atoms with E-state index in [-0.39, 0.29) is 48.2 Å². The third-order valence-corrected chi connectivity index (χ3v) is 6.77. The predicted molar refractivity (Wildman–Crippen MR) is 118 cm³/mol. The van der Waals surface area contributed by atoms with E-state index in [0.29, 0.717) is 18.7 Å². The van der Waals surface area contributed by atoms with Gasteiger partial charge in [-0.05, 0) is 55.7 Å². The number of alkyl halides is 3. The molecular formula is C25H25F3N2O4. The van der Waals surface area contributed by atoms with Crippen LogP contribution in [-0.4, -0.2) is 40.4 Å². The Morgan fingerprint density at radius 1 is 1.03 bits per heavy atom. The minimum absolute atomic E-state index is 0.0398. The normalized spacial score (nSPS) is 21.2. The molecule has 0 aromatic heterocycles. The molecule has 0 spiro atoms. The van der Waals surface area contributed by atoms with Gasteiger partial charge >= 0.3 is 12.1 Å². The molecule has 0 bridgehead atoms. The van der Waals surface area contributed by atoms with Gasteiger partial charge in [0.2, 0.25) is 5.91 Å². The lowest BCUT2D eigenvalue weighted by Crippen LogP contribution is -2.58. The molecule has 2 aromatic rings. The molecule has 1 heterocycles. The topological polar surface area (TPSA) is 77.9 Å². The number of carbonyl (C=O) groups is 3. The van der Waals surface area contributed by atoms with Gasteiger partial charge in [0.25, 0.3) is 5.91 Å². The number of carboxylic acid groups (broad SMARTS) is 1. The molecule has 2 aliphatic rings. The van der Waals surface area contributed by atoms with Crippen LogP contribution in [0.2, 0.25) is 0 Å². The Hall–Kier alpha value is -3.36. The Kier molecular flexibility index (Phi) is 6.38. The van der Waals surface area contributed by atoms with Crippen LogP contribution in [0.4, 0.5) is 18.9 Å². The van der Waals surface area contributed by atoms with Crippen molar-refractivity contribution >= 4 is 23.5 Å². The van der Waals surface area contributed by atoms with Crippen molar-refractivity contribution in [2.75, 3.05) is 11.4 Å². The van der Waals surface area contributed by atoms with Crippen LogP contribution in [0.15, 0.2) is 48.5 Å². The van der Waals surface area contributed by atoms with Crippen LogP contribution in [-0.2, 0) is 15.8 Å². The van der Waals surface area contributed by atoms with Crippen molar-refractivity contribution in [3.05, 3.63) is 65.2 Å². The van der Waals surface area contributed by atoms with Crippen LogP contribution in [0.1, 0.15) is 60.1 Å². The summed E-state index contributed by atoms with van der Waals surface area (Å²) in [5.74, 6) is -1.71. The first kappa shape index (κ1) is 23.8. The molecule has 2 aromatic carbocycles. The maximum Gasteiger partial charge on any atom is 0.416 e. The highest BCUT2D eigenvalue weighted by Crippen LogP contribution is 2.52. The number of hydrogen-bond donors (Lipinski definition) is 1. The van der Waals surface area contributed by atoms with Gasteiger partial charge in [0, 0.05) is 36.2 Å². The van der Waals surface area contributed by atoms with Gasteiger partial charge in [-0.2, -0.15) is 13.2 Å². The number of nitrogens with zero attached hydrogens (tertiary/aromatic N) is 2. The average Bonchev–Trinajstić information content (AvgIpc) is 2.78. The number of fused-ring (bicyclic) bond motifs is 2. The van der Waals surface area contributed by atoms with Gasteiger partial charge in [-0.3, -0.25) is 14.4 Å². The molecule has 4 rings (SSSR count). The number of amides is 2. The van der Waals surface area contributed by atoms with Crippen LogP contribution in [0.25, 0.3) is 0 Å². The molecule has 1 N–H and O–H groups in total. The molecule has 180 valence electrons. The van der Waals surface area contributed by atoms with Gasteiger partial charge in [0.1, 0.15) is 0 Å². The van der Waals surface area contributed by atoms with Gasteiger partial charge in [0.05, 0.1) is 18.0 Å². The zero-order valence-electron chi connectivity index (χ0n) is 18.6. The van der Waals surface area contributed by atoms with E-state index in [2.05, 4.69) is 0 Å². The molecule has 2 amide bonds. The third-order valence-electron chi connectivity index (χ3n) is 6.77. The van der Waals surface area contributed by atoms with Gasteiger partial charge < -0.3 is 14.9 Å². The van der Waals surface area contributed by atoms with Gasteiger partial charge in [-0.25, -0.2) is 0 Å². The highest BCUT2D eigenvalue weighted by Gasteiger charge is 2.51. The lowest BCUT2D eigenvalue weighted by atomic mass is 9.67. The largest absolute Gasteiger partial charge is 0.481 e. The van der Waals surface area contributed by atoms with E-state index in [1.54, 1.807) is 21.9 Å². The first-order chi connectivity index (χ1) is 16.1. The first-order valence-electron chi connectivity index (χ1n) is 11.2. The number of halogens is 3. The highest BCUT2D eigenvalue weighted by atomic mass is 19.4. The molecule has 1 saturated carbocycles. The summed E-state index contributed by atoms with van der Waals surface area (Å²) in [5.41, 5.74) is 0.761. The van der Waals surface area contributed by atoms with Crippen molar-refractivity contribution in [2.24, 2.45) is 5.92 Å². The number of para-hydroxylation sites is 1. The second kappa shape index (κ2) is 9.12. The molecule has 1 fully saturated rings. The maximum absolute atomic E-state index is 13.5. The lowest BCUT2D eigenvalue weighted by molar-refractivity contribution is -0.142. The fourth-order valence-corrected chi connectivity index (χ4v) is 5.05. The monoisotopic (exact) mass is 474 g/mol. The van der Waals surface area contributed by atoms with Crippen molar-refractivity contribution in [1.29, 1.82) is 0 Å². The summed E-state index contributed by atoms with van der Waals surface area (Å²) in [5, 5.41) is 8.98. The number of carbonyl (C=O) groups excluding carboxylic acids is 2. The summed E-state index contributed by atoms with van der Waals surface area (Å²) in [6.45, 7) is 2.24. The Morgan fingerprint density at radius 3 is 2.26 bits per heavy atom. The van der Waals surface area contributed by atoms with Crippen molar-refractivity contribution in [1.82, 2.24) is 4.90 Å². The molecule has 0 saturated heterocycles. The van der Waals surface area contributed by atoms with Gasteiger partial charge in [-0.1, -0.05) is 18.2 Å². The molecule has 34 heavy (non-hydrogen) atoms. The number of aliphatic carboxylic acids is 1. The Balaban J connectivity index is 1.68. The zero-order valence-corrected chi connectivity index (χ0v) is 18.6. The summed E-state index contributed by atoms with van der Waals surface area (Å²) in [6.07, 6.45) is -3.35. The SMILES string of the molecule is CCN(C(=O)CCC(=O)O)C1c2ccccc2N(C(=O)c2ccc(C(F)(F)F)cc2)C2CCC12. The smallest absolute Gasteiger partial charge is 0.416 e. The molecular weight excluding hydrogens is 449 g/mol. The standard InChI is InChI=1S/C25H25F3N2O4/c1-2-29(21(31)13-14-22(32)33)23-17-5-3-4-6-19(17)30(20-12-11-18(20)23)24(34)15-7-9-16(10-8-15)25(26,27)28/h3-10,18,20,23H,2,11-14H2,1H3,(H,32,33). The van der Waals surface area contributed by atoms with Gasteiger partial charge in [-0.15, -0.1) is 0 Å². The van der Waals surface area contributed by atoms with Crippen molar-refractivity contribution < 1.29 is 32.7 Å². The van der Waals surface area contributed by atoms with Gasteiger partial charge in [0.15, 0.2) is 0 Å². The Labute approximate surface area is 195 Å². The van der Waals surface area contributed by atoms with E-state index in [1.807, 2.05) is 19.1 Å². The quantitative estimate of drug-likeness (QED) is 0.646. The molecule has 9 heteroatoms. The summed E-state index contributed by atoms with van der Waals surface area (Å²) >= 11 is 0. The van der Waals surface area contributed by atoms with E-state index in [4.69, 9.17) is 5.11 Å². The van der Waals surface area contributed by atoms with Crippen LogP contribution >= 0.6 is 0 Å². The second-order valence-corrected chi connectivity index (χ2v) is 8.64. The molecule has 3 unspecified atom stereocenters. The molecule has 0 radical (unpaired) electrons. The van der Waals surface area contributed by atoms with E-state index >= 15 is 0 Å². The summed E-state index contributed by atoms with van der Waals surface area (Å²) in [4.78, 5) is 40.7. The van der Waals surface area contributed by atoms with Crippen LogP contribution in [0, 0.1) is 5.92 Å². The Bertz CT molecular complexity index is 1100. The number of anilines is 1. The minimum Gasteiger partial charge on any atom is -0.481 e. The van der Waals surface area contributed by atoms with Crippen molar-refractivity contribution in [3.63, 3.8) is 0 Å². The zero-order chi connectivity index (χ0) is 24.6. The number of hydrogen-bond acceptors (Lipinski definition) is 3. The fraction of sp³-hybridized carbons (Fsp3) is 0.400. The van der Waals surface area contributed by atoms with Crippen LogP contribution in [0.3, 0.4) is 0 Å².